The van der Waals surface area contributed by atoms with Gasteiger partial charge < -0.3 is 10.4 Å². The van der Waals surface area contributed by atoms with E-state index in [-0.39, 0.29) is 0 Å². The number of hydrogen-bond acceptors (Lipinski definition) is 3. The standard InChI is InChI=1S/C7H11F3N2O4/c1-4(2-7(8,9)10)11-6(15)12-16-3-5(13)14/h4H,2-3H2,1H3,(H,13,14)(H2,11,12,15). The molecule has 6 nitrogen and oxygen atoms in total. The summed E-state index contributed by atoms with van der Waals surface area (Å²) in [5, 5.41) is 10.0. The summed E-state index contributed by atoms with van der Waals surface area (Å²) in [7, 11) is 0. The van der Waals surface area contributed by atoms with E-state index in [0.717, 1.165) is 6.92 Å². The van der Waals surface area contributed by atoms with Crippen LogP contribution in [0, 0.1) is 0 Å². The number of hydrogen-bond donors (Lipinski definition) is 3. The molecule has 2 amide bonds. The Morgan fingerprint density at radius 1 is 1.44 bits per heavy atom. The van der Waals surface area contributed by atoms with Crippen LogP contribution in [0.25, 0.3) is 0 Å². The van der Waals surface area contributed by atoms with E-state index >= 15 is 0 Å². The molecule has 9 heteroatoms. The van der Waals surface area contributed by atoms with Gasteiger partial charge in [0.05, 0.1) is 6.42 Å². The number of amides is 2. The third-order valence-electron chi connectivity index (χ3n) is 1.28. The van der Waals surface area contributed by atoms with Crippen LogP contribution >= 0.6 is 0 Å². The predicted octanol–water partition coefficient (Wildman–Crippen LogP) is 0.643. The zero-order chi connectivity index (χ0) is 12.8. The molecule has 0 radical (unpaired) electrons. The van der Waals surface area contributed by atoms with Gasteiger partial charge in [-0.2, -0.15) is 13.2 Å². The van der Waals surface area contributed by atoms with E-state index in [0.29, 0.717) is 0 Å². The highest BCUT2D eigenvalue weighted by Crippen LogP contribution is 2.21. The minimum atomic E-state index is -4.38. The highest BCUT2D eigenvalue weighted by atomic mass is 19.4. The van der Waals surface area contributed by atoms with E-state index in [9.17, 15) is 22.8 Å². The first kappa shape index (κ1) is 14.5. The van der Waals surface area contributed by atoms with Gasteiger partial charge in [-0.25, -0.2) is 15.1 Å². The topological polar surface area (TPSA) is 87.7 Å². The van der Waals surface area contributed by atoms with Crippen LogP contribution in [0.4, 0.5) is 18.0 Å². The number of alkyl halides is 3. The van der Waals surface area contributed by atoms with Gasteiger partial charge in [-0.3, -0.25) is 4.84 Å². The second-order valence-corrected chi connectivity index (χ2v) is 2.98. The second-order valence-electron chi connectivity index (χ2n) is 2.98. The maximum Gasteiger partial charge on any atom is 0.391 e. The van der Waals surface area contributed by atoms with Crippen LogP contribution in [0.2, 0.25) is 0 Å². The zero-order valence-electron chi connectivity index (χ0n) is 8.30. The second kappa shape index (κ2) is 6.16. The van der Waals surface area contributed by atoms with Crippen LogP contribution in [0.15, 0.2) is 0 Å². The van der Waals surface area contributed by atoms with Crippen molar-refractivity contribution in [1.82, 2.24) is 10.8 Å². The molecule has 16 heavy (non-hydrogen) atoms. The fraction of sp³-hybridized carbons (Fsp3) is 0.714. The molecule has 0 rings (SSSR count). The monoisotopic (exact) mass is 244 g/mol. The Labute approximate surface area is 88.7 Å². The van der Waals surface area contributed by atoms with E-state index in [2.05, 4.69) is 4.84 Å². The van der Waals surface area contributed by atoms with Crippen molar-refractivity contribution >= 4 is 12.0 Å². The minimum absolute atomic E-state index is 0.777. The molecule has 1 atom stereocenters. The Morgan fingerprint density at radius 2 is 2.00 bits per heavy atom. The fourth-order valence-corrected chi connectivity index (χ4v) is 0.815. The zero-order valence-corrected chi connectivity index (χ0v) is 8.30. The van der Waals surface area contributed by atoms with Crippen molar-refractivity contribution in [2.24, 2.45) is 0 Å². The average Bonchev–Trinajstić information content (AvgIpc) is 1.98. The van der Waals surface area contributed by atoms with Crippen molar-refractivity contribution in [3.05, 3.63) is 0 Å². The van der Waals surface area contributed by atoms with Gasteiger partial charge in [-0.15, -0.1) is 0 Å². The summed E-state index contributed by atoms with van der Waals surface area (Å²) in [5.74, 6) is -1.32. The first-order valence-electron chi connectivity index (χ1n) is 4.17. The van der Waals surface area contributed by atoms with Crippen molar-refractivity contribution in [1.29, 1.82) is 0 Å². The van der Waals surface area contributed by atoms with Crippen LogP contribution in [-0.2, 0) is 9.63 Å². The summed E-state index contributed by atoms with van der Waals surface area (Å²) in [6.45, 7) is 0.380. The van der Waals surface area contributed by atoms with Gasteiger partial charge >= 0.3 is 18.2 Å². The van der Waals surface area contributed by atoms with Gasteiger partial charge in [-0.1, -0.05) is 0 Å². The third kappa shape index (κ3) is 9.06. The van der Waals surface area contributed by atoms with Gasteiger partial charge in [-0.05, 0) is 6.92 Å². The number of hydroxylamine groups is 1. The largest absolute Gasteiger partial charge is 0.479 e. The molecule has 0 bridgehead atoms. The number of carboxylic acid groups (broad SMARTS) is 1. The van der Waals surface area contributed by atoms with E-state index in [1.54, 1.807) is 5.48 Å². The molecule has 0 aromatic rings. The Balaban J connectivity index is 3.74. The molecule has 0 saturated carbocycles. The maximum absolute atomic E-state index is 11.8. The van der Waals surface area contributed by atoms with Crippen molar-refractivity contribution in [2.45, 2.75) is 25.6 Å². The number of rotatable bonds is 5. The van der Waals surface area contributed by atoms with E-state index in [1.165, 1.54) is 0 Å². The van der Waals surface area contributed by atoms with Crippen molar-refractivity contribution in [3.8, 4) is 0 Å². The number of carbonyl (C=O) groups excluding carboxylic acids is 1. The Hall–Kier alpha value is -1.51. The first-order chi connectivity index (χ1) is 7.20. The summed E-state index contributed by atoms with van der Waals surface area (Å²) in [5.41, 5.74) is 1.63. The third-order valence-corrected chi connectivity index (χ3v) is 1.28. The number of halogens is 3. The minimum Gasteiger partial charge on any atom is -0.479 e. The molecule has 0 fully saturated rings. The lowest BCUT2D eigenvalue weighted by molar-refractivity contribution is -0.144. The molecule has 94 valence electrons. The molecule has 0 aromatic heterocycles. The van der Waals surface area contributed by atoms with E-state index in [1.807, 2.05) is 5.32 Å². The Morgan fingerprint density at radius 3 is 2.44 bits per heavy atom. The fourth-order valence-electron chi connectivity index (χ4n) is 0.815. The summed E-state index contributed by atoms with van der Waals surface area (Å²) >= 11 is 0. The average molecular weight is 244 g/mol. The number of aliphatic carboxylic acids is 1. The molecule has 0 aliphatic heterocycles. The highest BCUT2D eigenvalue weighted by Gasteiger charge is 2.30. The lowest BCUT2D eigenvalue weighted by Crippen LogP contribution is -2.42. The molecule has 1 unspecified atom stereocenters. The Bertz CT molecular complexity index is 257. The summed E-state index contributed by atoms with van der Waals surface area (Å²) in [6, 6.07) is -2.16. The van der Waals surface area contributed by atoms with Crippen LogP contribution in [0.5, 0.6) is 0 Å². The van der Waals surface area contributed by atoms with Gasteiger partial charge in [0.2, 0.25) is 0 Å². The molecular formula is C7H11F3N2O4. The van der Waals surface area contributed by atoms with Gasteiger partial charge in [0.1, 0.15) is 0 Å². The van der Waals surface area contributed by atoms with E-state index in [4.69, 9.17) is 5.11 Å². The molecule has 0 spiro atoms. The Kier molecular flexibility index (Phi) is 5.57. The lowest BCUT2D eigenvalue weighted by atomic mass is 10.2. The molecule has 3 N–H and O–H groups in total. The quantitative estimate of drug-likeness (QED) is 0.619. The number of carboxylic acids is 1. The highest BCUT2D eigenvalue weighted by molar-refractivity contribution is 5.73. The van der Waals surface area contributed by atoms with Crippen molar-refractivity contribution in [3.63, 3.8) is 0 Å². The first-order valence-corrected chi connectivity index (χ1v) is 4.17. The molecule has 0 saturated heterocycles. The van der Waals surface area contributed by atoms with Gasteiger partial charge in [0.15, 0.2) is 6.61 Å². The van der Waals surface area contributed by atoms with Crippen LogP contribution < -0.4 is 10.8 Å². The van der Waals surface area contributed by atoms with E-state index < -0.39 is 37.2 Å². The molecule has 0 aliphatic rings. The smallest absolute Gasteiger partial charge is 0.391 e. The lowest BCUT2D eigenvalue weighted by Gasteiger charge is -2.15. The van der Waals surface area contributed by atoms with Crippen molar-refractivity contribution < 1.29 is 32.7 Å². The summed E-state index contributed by atoms with van der Waals surface area (Å²) < 4.78 is 35.5. The normalized spacial score (nSPS) is 13.0. The SMILES string of the molecule is CC(CC(F)(F)F)NC(=O)NOCC(=O)O. The van der Waals surface area contributed by atoms with Crippen LogP contribution in [0.1, 0.15) is 13.3 Å². The van der Waals surface area contributed by atoms with Crippen molar-refractivity contribution in [2.75, 3.05) is 6.61 Å². The maximum atomic E-state index is 11.8. The van der Waals surface area contributed by atoms with Gasteiger partial charge in [0.25, 0.3) is 0 Å². The molecule has 0 aliphatic carbocycles. The predicted molar refractivity (Wildman–Crippen MR) is 45.4 cm³/mol. The van der Waals surface area contributed by atoms with Crippen LogP contribution in [0.3, 0.4) is 0 Å². The van der Waals surface area contributed by atoms with Crippen LogP contribution in [-0.4, -0.2) is 35.9 Å². The number of carbonyl (C=O) groups is 2. The molecule has 0 heterocycles. The number of nitrogens with one attached hydrogen (secondary N) is 2. The molecular weight excluding hydrogens is 233 g/mol. The number of urea groups is 1. The van der Waals surface area contributed by atoms with Gasteiger partial charge in [0, 0.05) is 6.04 Å². The molecule has 0 aromatic carbocycles. The summed E-state index contributed by atoms with van der Waals surface area (Å²) in [4.78, 5) is 24.9. The summed E-state index contributed by atoms with van der Waals surface area (Å²) in [6.07, 6.45) is -5.56.